The summed E-state index contributed by atoms with van der Waals surface area (Å²) >= 11 is 0. The molecule has 2 heterocycles. The first kappa shape index (κ1) is 16.6. The molecule has 3 rings (SSSR count). The van der Waals surface area contributed by atoms with Gasteiger partial charge in [-0.1, -0.05) is 37.2 Å². The Kier molecular flexibility index (Phi) is 4.74. The van der Waals surface area contributed by atoms with Gasteiger partial charge in [0.25, 0.3) is 5.91 Å². The van der Waals surface area contributed by atoms with Gasteiger partial charge in [-0.15, -0.1) is 0 Å². The first-order chi connectivity index (χ1) is 12.0. The lowest BCUT2D eigenvalue weighted by atomic mass is 10.0. The van der Waals surface area contributed by atoms with Crippen molar-refractivity contribution in [1.29, 1.82) is 0 Å². The standard InChI is InChI=1S/C18H19N5O2/c1-11(2)13-6-4-5-7-14(13)21-16-9-15(19-10-20-16)18(24)22-17-8-12(3)25-23-17/h4-11H,1-3H3,(H,19,20,21)(H,22,23,24). The van der Waals surface area contributed by atoms with Crippen molar-refractivity contribution in [1.82, 2.24) is 15.1 Å². The molecule has 0 unspecified atom stereocenters. The lowest BCUT2D eigenvalue weighted by Gasteiger charge is -2.14. The lowest BCUT2D eigenvalue weighted by molar-refractivity contribution is 0.102. The fraction of sp³-hybridized carbons (Fsp3) is 0.222. The summed E-state index contributed by atoms with van der Waals surface area (Å²) in [7, 11) is 0. The van der Waals surface area contributed by atoms with Crippen LogP contribution in [0.1, 0.15) is 41.6 Å². The molecule has 2 N–H and O–H groups in total. The number of carbonyl (C=O) groups is 1. The Morgan fingerprint density at radius 1 is 1.12 bits per heavy atom. The van der Waals surface area contributed by atoms with Crippen LogP contribution >= 0.6 is 0 Å². The normalized spacial score (nSPS) is 10.7. The second-order valence-electron chi connectivity index (χ2n) is 5.93. The maximum Gasteiger partial charge on any atom is 0.275 e. The van der Waals surface area contributed by atoms with Crippen LogP contribution in [-0.2, 0) is 0 Å². The molecule has 0 atom stereocenters. The molecule has 0 saturated carbocycles. The second-order valence-corrected chi connectivity index (χ2v) is 5.93. The Morgan fingerprint density at radius 3 is 2.64 bits per heavy atom. The summed E-state index contributed by atoms with van der Waals surface area (Å²) < 4.78 is 4.93. The molecule has 7 heteroatoms. The average molecular weight is 337 g/mol. The number of rotatable bonds is 5. The fourth-order valence-corrected chi connectivity index (χ4v) is 2.41. The predicted octanol–water partition coefficient (Wildman–Crippen LogP) is 3.89. The van der Waals surface area contributed by atoms with Crippen LogP contribution in [0.15, 0.2) is 47.2 Å². The highest BCUT2D eigenvalue weighted by molar-refractivity contribution is 6.02. The van der Waals surface area contributed by atoms with E-state index >= 15 is 0 Å². The van der Waals surface area contributed by atoms with Gasteiger partial charge in [-0.2, -0.15) is 0 Å². The van der Waals surface area contributed by atoms with Crippen LogP contribution in [0, 0.1) is 6.92 Å². The van der Waals surface area contributed by atoms with Gasteiger partial charge in [0.15, 0.2) is 5.82 Å². The van der Waals surface area contributed by atoms with Crippen LogP contribution in [0.3, 0.4) is 0 Å². The number of aryl methyl sites for hydroxylation is 1. The van der Waals surface area contributed by atoms with Gasteiger partial charge in [0.1, 0.15) is 23.6 Å². The molecule has 0 aliphatic heterocycles. The zero-order valence-electron chi connectivity index (χ0n) is 14.3. The van der Waals surface area contributed by atoms with Crippen LogP contribution in [0.4, 0.5) is 17.3 Å². The predicted molar refractivity (Wildman–Crippen MR) is 95.0 cm³/mol. The van der Waals surface area contributed by atoms with Crippen LogP contribution in [0.5, 0.6) is 0 Å². The summed E-state index contributed by atoms with van der Waals surface area (Å²) in [4.78, 5) is 20.5. The molecule has 3 aromatic rings. The van der Waals surface area contributed by atoms with Gasteiger partial charge in [0.2, 0.25) is 0 Å². The summed E-state index contributed by atoms with van der Waals surface area (Å²) in [6.07, 6.45) is 1.35. The number of carbonyl (C=O) groups excluding carboxylic acids is 1. The molecule has 0 radical (unpaired) electrons. The topological polar surface area (TPSA) is 92.9 Å². The third-order valence-corrected chi connectivity index (χ3v) is 3.61. The number of nitrogens with zero attached hydrogens (tertiary/aromatic N) is 3. The smallest absolute Gasteiger partial charge is 0.275 e. The highest BCUT2D eigenvalue weighted by atomic mass is 16.5. The summed E-state index contributed by atoms with van der Waals surface area (Å²) in [6, 6.07) is 11.2. The van der Waals surface area contributed by atoms with E-state index in [2.05, 4.69) is 45.7 Å². The van der Waals surface area contributed by atoms with Crippen molar-refractivity contribution in [3.05, 3.63) is 59.7 Å². The first-order valence-electron chi connectivity index (χ1n) is 7.95. The molecule has 2 aromatic heterocycles. The molecular formula is C18H19N5O2. The van der Waals surface area contributed by atoms with E-state index in [-0.39, 0.29) is 11.6 Å². The number of hydrogen-bond donors (Lipinski definition) is 2. The summed E-state index contributed by atoms with van der Waals surface area (Å²) in [6.45, 7) is 6.00. The zero-order chi connectivity index (χ0) is 17.8. The number of anilines is 3. The Morgan fingerprint density at radius 2 is 1.92 bits per heavy atom. The zero-order valence-corrected chi connectivity index (χ0v) is 14.3. The van der Waals surface area contributed by atoms with E-state index in [1.54, 1.807) is 19.1 Å². The van der Waals surface area contributed by atoms with Gasteiger partial charge in [-0.3, -0.25) is 4.79 Å². The van der Waals surface area contributed by atoms with Crippen molar-refractivity contribution in [3.8, 4) is 0 Å². The molecule has 0 aliphatic carbocycles. The molecule has 7 nitrogen and oxygen atoms in total. The van der Waals surface area contributed by atoms with E-state index in [1.165, 1.54) is 11.9 Å². The number of amides is 1. The third-order valence-electron chi connectivity index (χ3n) is 3.61. The number of nitrogens with one attached hydrogen (secondary N) is 2. The lowest BCUT2D eigenvalue weighted by Crippen LogP contribution is -2.14. The van der Waals surface area contributed by atoms with Crippen LogP contribution < -0.4 is 10.6 Å². The van der Waals surface area contributed by atoms with Gasteiger partial charge in [-0.05, 0) is 24.5 Å². The average Bonchev–Trinajstić information content (AvgIpc) is 3.00. The molecule has 1 amide bonds. The largest absolute Gasteiger partial charge is 0.360 e. The van der Waals surface area contributed by atoms with Gasteiger partial charge < -0.3 is 15.2 Å². The van der Waals surface area contributed by atoms with Crippen molar-refractivity contribution < 1.29 is 9.32 Å². The molecule has 25 heavy (non-hydrogen) atoms. The molecule has 0 saturated heterocycles. The van der Waals surface area contributed by atoms with Crippen molar-refractivity contribution in [2.24, 2.45) is 0 Å². The third kappa shape index (κ3) is 4.00. The van der Waals surface area contributed by atoms with Crippen molar-refractivity contribution in [2.45, 2.75) is 26.7 Å². The Labute approximate surface area is 145 Å². The van der Waals surface area contributed by atoms with E-state index in [4.69, 9.17) is 4.52 Å². The maximum absolute atomic E-state index is 12.3. The summed E-state index contributed by atoms with van der Waals surface area (Å²) in [5, 5.41) is 9.63. The van der Waals surface area contributed by atoms with Crippen LogP contribution in [0.25, 0.3) is 0 Å². The monoisotopic (exact) mass is 337 g/mol. The van der Waals surface area contributed by atoms with E-state index in [0.29, 0.717) is 23.3 Å². The van der Waals surface area contributed by atoms with Gasteiger partial charge in [0.05, 0.1) is 0 Å². The molecule has 0 spiro atoms. The number of aromatic nitrogens is 3. The Balaban J connectivity index is 1.79. The second kappa shape index (κ2) is 7.12. The van der Waals surface area contributed by atoms with E-state index in [1.807, 2.05) is 18.2 Å². The van der Waals surface area contributed by atoms with Crippen molar-refractivity contribution >= 4 is 23.2 Å². The summed E-state index contributed by atoms with van der Waals surface area (Å²) in [5.41, 5.74) is 2.36. The van der Waals surface area contributed by atoms with Crippen LogP contribution in [0.2, 0.25) is 0 Å². The highest BCUT2D eigenvalue weighted by Crippen LogP contribution is 2.26. The molecule has 128 valence electrons. The quantitative estimate of drug-likeness (QED) is 0.733. The molecule has 0 bridgehead atoms. The van der Waals surface area contributed by atoms with E-state index in [9.17, 15) is 4.79 Å². The van der Waals surface area contributed by atoms with Gasteiger partial charge >= 0.3 is 0 Å². The van der Waals surface area contributed by atoms with Crippen LogP contribution in [-0.4, -0.2) is 21.0 Å². The minimum Gasteiger partial charge on any atom is -0.360 e. The SMILES string of the molecule is Cc1cc(NC(=O)c2cc(Nc3ccccc3C(C)C)ncn2)no1. The van der Waals surface area contributed by atoms with Gasteiger partial charge in [0, 0.05) is 17.8 Å². The maximum atomic E-state index is 12.3. The first-order valence-corrected chi connectivity index (χ1v) is 7.95. The minimum atomic E-state index is -0.379. The summed E-state index contributed by atoms with van der Waals surface area (Å²) in [5.74, 6) is 1.50. The highest BCUT2D eigenvalue weighted by Gasteiger charge is 2.12. The molecule has 1 aromatic carbocycles. The fourth-order valence-electron chi connectivity index (χ4n) is 2.41. The van der Waals surface area contributed by atoms with E-state index < -0.39 is 0 Å². The van der Waals surface area contributed by atoms with Crippen molar-refractivity contribution in [3.63, 3.8) is 0 Å². The Bertz CT molecular complexity index is 888. The molecule has 0 aliphatic rings. The van der Waals surface area contributed by atoms with Crippen molar-refractivity contribution in [2.75, 3.05) is 10.6 Å². The Hall–Kier alpha value is -3.22. The minimum absolute atomic E-state index is 0.236. The van der Waals surface area contributed by atoms with Gasteiger partial charge in [-0.25, -0.2) is 9.97 Å². The molecule has 0 fully saturated rings. The number of benzene rings is 1. The van der Waals surface area contributed by atoms with E-state index in [0.717, 1.165) is 5.69 Å². The number of para-hydroxylation sites is 1. The molecular weight excluding hydrogens is 318 g/mol. The number of hydrogen-bond acceptors (Lipinski definition) is 6.